The summed E-state index contributed by atoms with van der Waals surface area (Å²) in [7, 11) is 0.500. The molecule has 3 heteroatoms. The summed E-state index contributed by atoms with van der Waals surface area (Å²) in [6.07, 6.45) is 1.17. The number of ether oxygens (including phenoxy) is 1. The first kappa shape index (κ1) is 12.8. The van der Waals surface area contributed by atoms with Crippen LogP contribution in [-0.2, 0) is 9.53 Å². The Labute approximate surface area is 67.1 Å². The molecule has 0 rings (SSSR count). The lowest BCUT2D eigenvalue weighted by Crippen LogP contribution is -2.06. The summed E-state index contributed by atoms with van der Waals surface area (Å²) in [5.41, 5.74) is 0. The first-order valence-corrected chi connectivity index (χ1v) is 3.33. The molecular formula is C8H15FO2. The van der Waals surface area contributed by atoms with Gasteiger partial charge in [0.15, 0.2) is 0 Å². The van der Waals surface area contributed by atoms with Gasteiger partial charge in [-0.25, -0.2) is 4.79 Å². The van der Waals surface area contributed by atoms with E-state index in [1.165, 1.54) is 6.08 Å². The number of carbonyl (C=O) groups excluding carboxylic acids is 1. The fourth-order valence-electron chi connectivity index (χ4n) is 0.308. The molecule has 0 aromatic heterocycles. The quantitative estimate of drug-likeness (QED) is 0.468. The Kier molecular flexibility index (Phi) is 10.6. The van der Waals surface area contributed by atoms with E-state index >= 15 is 0 Å². The highest BCUT2D eigenvalue weighted by molar-refractivity contribution is 5.81. The Bertz CT molecular complexity index is 111. The summed E-state index contributed by atoms with van der Waals surface area (Å²) < 4.78 is 14.2. The molecule has 0 saturated carbocycles. The lowest BCUT2D eigenvalue weighted by Gasteiger charge is -2.02. The van der Waals surface area contributed by atoms with Crippen LogP contribution in [0.25, 0.3) is 0 Å². The molecule has 0 aliphatic heterocycles. The number of hydrogen-bond acceptors (Lipinski definition) is 2. The van der Waals surface area contributed by atoms with Gasteiger partial charge in [0.1, 0.15) is 0 Å². The summed E-state index contributed by atoms with van der Waals surface area (Å²) >= 11 is 0. The van der Waals surface area contributed by atoms with Crippen LogP contribution < -0.4 is 0 Å². The topological polar surface area (TPSA) is 26.3 Å². The maximum atomic E-state index is 10.4. The third-order valence-corrected chi connectivity index (χ3v) is 0.726. The van der Waals surface area contributed by atoms with Gasteiger partial charge in [-0.2, -0.15) is 0 Å². The van der Waals surface area contributed by atoms with E-state index in [2.05, 4.69) is 6.58 Å². The van der Waals surface area contributed by atoms with Gasteiger partial charge in [0.05, 0.1) is 13.8 Å². The Morgan fingerprint density at radius 3 is 2.36 bits per heavy atom. The first-order valence-electron chi connectivity index (χ1n) is 3.33. The molecule has 0 saturated heterocycles. The monoisotopic (exact) mass is 162 g/mol. The largest absolute Gasteiger partial charge is 0.462 e. The summed E-state index contributed by atoms with van der Waals surface area (Å²) in [4.78, 5) is 10.4. The van der Waals surface area contributed by atoms with Crippen LogP contribution in [0.1, 0.15) is 13.8 Å². The van der Waals surface area contributed by atoms with Gasteiger partial charge in [-0.3, -0.25) is 4.39 Å². The number of alkyl halides is 1. The predicted molar refractivity (Wildman–Crippen MR) is 43.0 cm³/mol. The minimum atomic E-state index is -0.344. The van der Waals surface area contributed by atoms with E-state index in [0.717, 1.165) is 0 Å². The van der Waals surface area contributed by atoms with Gasteiger partial charge in [-0.05, 0) is 5.92 Å². The van der Waals surface area contributed by atoms with Crippen LogP contribution in [-0.4, -0.2) is 19.8 Å². The molecule has 0 N–H and O–H groups in total. The molecule has 11 heavy (non-hydrogen) atoms. The van der Waals surface area contributed by atoms with E-state index in [9.17, 15) is 9.18 Å². The normalized spacial score (nSPS) is 8.09. The van der Waals surface area contributed by atoms with Crippen molar-refractivity contribution in [2.45, 2.75) is 13.8 Å². The van der Waals surface area contributed by atoms with Gasteiger partial charge in [0.25, 0.3) is 0 Å². The van der Waals surface area contributed by atoms with Crippen LogP contribution in [0, 0.1) is 5.92 Å². The first-order chi connectivity index (χ1) is 5.16. The molecule has 0 aromatic rings. The summed E-state index contributed by atoms with van der Waals surface area (Å²) in [5.74, 6) is 0.0533. The number of halogens is 1. The van der Waals surface area contributed by atoms with Crippen molar-refractivity contribution in [1.29, 1.82) is 0 Å². The Hall–Kier alpha value is -0.860. The lowest BCUT2D eigenvalue weighted by atomic mass is 10.2. The van der Waals surface area contributed by atoms with Crippen molar-refractivity contribution in [1.82, 2.24) is 0 Å². The molecule has 0 unspecified atom stereocenters. The molecule has 0 amide bonds. The Balaban J connectivity index is 0. The minimum absolute atomic E-state index is 0.344. The molecule has 0 aromatic carbocycles. The molecule has 0 aliphatic rings. The number of esters is 1. The third kappa shape index (κ3) is 12.4. The molecule has 0 aliphatic carbocycles. The van der Waals surface area contributed by atoms with Gasteiger partial charge in [0, 0.05) is 6.08 Å². The van der Waals surface area contributed by atoms with Crippen molar-refractivity contribution in [2.24, 2.45) is 5.92 Å². The van der Waals surface area contributed by atoms with Gasteiger partial charge in [-0.15, -0.1) is 0 Å². The van der Waals surface area contributed by atoms with Crippen LogP contribution in [0.2, 0.25) is 0 Å². The maximum absolute atomic E-state index is 10.4. The smallest absolute Gasteiger partial charge is 0.330 e. The molecule has 66 valence electrons. The van der Waals surface area contributed by atoms with Crippen molar-refractivity contribution < 1.29 is 13.9 Å². The Morgan fingerprint density at radius 1 is 1.64 bits per heavy atom. The van der Waals surface area contributed by atoms with Gasteiger partial charge < -0.3 is 4.74 Å². The summed E-state index contributed by atoms with van der Waals surface area (Å²) in [5, 5.41) is 0. The van der Waals surface area contributed by atoms with Crippen molar-refractivity contribution in [3.05, 3.63) is 12.7 Å². The van der Waals surface area contributed by atoms with Crippen LogP contribution in [0.4, 0.5) is 4.39 Å². The van der Waals surface area contributed by atoms with Gasteiger partial charge in [0.2, 0.25) is 0 Å². The number of carbonyl (C=O) groups is 1. The average molecular weight is 162 g/mol. The molecular weight excluding hydrogens is 147 g/mol. The van der Waals surface area contributed by atoms with E-state index in [1.54, 1.807) is 0 Å². The second-order valence-corrected chi connectivity index (χ2v) is 2.23. The van der Waals surface area contributed by atoms with Gasteiger partial charge in [-0.1, -0.05) is 20.4 Å². The van der Waals surface area contributed by atoms with Crippen molar-refractivity contribution in [3.63, 3.8) is 0 Å². The van der Waals surface area contributed by atoms with Crippen molar-refractivity contribution in [3.8, 4) is 0 Å². The van der Waals surface area contributed by atoms with Crippen LogP contribution in [0.5, 0.6) is 0 Å². The van der Waals surface area contributed by atoms with Crippen molar-refractivity contribution >= 4 is 5.97 Å². The zero-order chi connectivity index (χ0) is 9.28. The fourth-order valence-corrected chi connectivity index (χ4v) is 0.308. The molecule has 0 heterocycles. The molecule has 0 spiro atoms. The third-order valence-electron chi connectivity index (χ3n) is 0.726. The highest BCUT2D eigenvalue weighted by atomic mass is 19.1. The van der Waals surface area contributed by atoms with E-state index in [1.807, 2.05) is 13.8 Å². The standard InChI is InChI=1S/C7H12O2.CH3F/c1-4-7(8)9-5-6(2)3;1-2/h4,6H,1,5H2,2-3H3;1H3. The Morgan fingerprint density at radius 2 is 2.09 bits per heavy atom. The number of rotatable bonds is 3. The van der Waals surface area contributed by atoms with E-state index < -0.39 is 0 Å². The lowest BCUT2D eigenvalue weighted by molar-refractivity contribution is -0.138. The highest BCUT2D eigenvalue weighted by Gasteiger charge is 1.96. The second kappa shape index (κ2) is 9.14. The zero-order valence-electron chi connectivity index (χ0n) is 7.26. The number of hydrogen-bond donors (Lipinski definition) is 0. The molecule has 0 radical (unpaired) electrons. The van der Waals surface area contributed by atoms with Crippen LogP contribution in [0.15, 0.2) is 12.7 Å². The molecule has 2 nitrogen and oxygen atoms in total. The molecule has 0 bridgehead atoms. The zero-order valence-corrected chi connectivity index (χ0v) is 7.26. The summed E-state index contributed by atoms with van der Waals surface area (Å²) in [6.45, 7) is 7.71. The summed E-state index contributed by atoms with van der Waals surface area (Å²) in [6, 6.07) is 0. The molecule has 0 atom stereocenters. The maximum Gasteiger partial charge on any atom is 0.330 e. The van der Waals surface area contributed by atoms with E-state index in [4.69, 9.17) is 4.74 Å². The predicted octanol–water partition coefficient (Wildman–Crippen LogP) is 1.96. The van der Waals surface area contributed by atoms with E-state index in [0.29, 0.717) is 19.7 Å². The highest BCUT2D eigenvalue weighted by Crippen LogP contribution is 1.92. The molecule has 0 fully saturated rings. The fraction of sp³-hybridized carbons (Fsp3) is 0.625. The van der Waals surface area contributed by atoms with E-state index in [-0.39, 0.29) is 5.97 Å². The van der Waals surface area contributed by atoms with Crippen LogP contribution >= 0.6 is 0 Å². The second-order valence-electron chi connectivity index (χ2n) is 2.23. The van der Waals surface area contributed by atoms with Gasteiger partial charge >= 0.3 is 5.97 Å². The van der Waals surface area contributed by atoms with Crippen LogP contribution in [0.3, 0.4) is 0 Å². The van der Waals surface area contributed by atoms with Crippen molar-refractivity contribution in [2.75, 3.05) is 13.8 Å². The average Bonchev–Trinajstić information content (AvgIpc) is 2.04. The minimum Gasteiger partial charge on any atom is -0.462 e. The SMILES string of the molecule is C=CC(=O)OCC(C)C.CF.